The van der Waals surface area contributed by atoms with Gasteiger partial charge >= 0.3 is 0 Å². The van der Waals surface area contributed by atoms with Crippen molar-refractivity contribution in [1.82, 2.24) is 0 Å². The van der Waals surface area contributed by atoms with E-state index in [1.807, 2.05) is 6.07 Å². The number of rotatable bonds is 3. The number of carbonyl (C=O) groups excluding carboxylic acids is 1. The fourth-order valence-electron chi connectivity index (χ4n) is 2.50. The SMILES string of the molecule is CCc1cccc2c(CC)c(C(C)=O)ccc12. The van der Waals surface area contributed by atoms with Gasteiger partial charge in [-0.2, -0.15) is 0 Å². The zero-order valence-corrected chi connectivity index (χ0v) is 10.7. The predicted molar refractivity (Wildman–Crippen MR) is 72.7 cm³/mol. The van der Waals surface area contributed by atoms with Crippen LogP contribution in [0.5, 0.6) is 0 Å². The summed E-state index contributed by atoms with van der Waals surface area (Å²) in [7, 11) is 0. The fraction of sp³-hybridized carbons (Fsp3) is 0.312. The van der Waals surface area contributed by atoms with E-state index >= 15 is 0 Å². The van der Waals surface area contributed by atoms with Crippen molar-refractivity contribution in [2.24, 2.45) is 0 Å². The Balaban J connectivity index is 2.82. The maximum atomic E-state index is 11.6. The molecule has 0 atom stereocenters. The molecule has 0 saturated carbocycles. The number of ketones is 1. The van der Waals surface area contributed by atoms with Gasteiger partial charge in [-0.1, -0.05) is 44.2 Å². The molecule has 0 amide bonds. The lowest BCUT2D eigenvalue weighted by molar-refractivity contribution is 0.101. The molecule has 0 unspecified atom stereocenters. The van der Waals surface area contributed by atoms with Crippen LogP contribution < -0.4 is 0 Å². The Kier molecular flexibility index (Phi) is 3.28. The number of carbonyl (C=O) groups is 1. The van der Waals surface area contributed by atoms with Gasteiger partial charge in [0.25, 0.3) is 0 Å². The van der Waals surface area contributed by atoms with E-state index in [0.717, 1.165) is 18.4 Å². The lowest BCUT2D eigenvalue weighted by Crippen LogP contribution is -2.00. The first-order chi connectivity index (χ1) is 8.19. The van der Waals surface area contributed by atoms with Crippen LogP contribution in [0.25, 0.3) is 10.8 Å². The van der Waals surface area contributed by atoms with E-state index in [1.54, 1.807) is 6.92 Å². The Hall–Kier alpha value is -1.63. The third-order valence-corrected chi connectivity index (χ3v) is 3.38. The number of benzene rings is 2. The first-order valence-electron chi connectivity index (χ1n) is 6.23. The van der Waals surface area contributed by atoms with Gasteiger partial charge in [0.15, 0.2) is 5.78 Å². The summed E-state index contributed by atoms with van der Waals surface area (Å²) >= 11 is 0. The third kappa shape index (κ3) is 1.97. The lowest BCUT2D eigenvalue weighted by atomic mass is 9.92. The molecule has 0 fully saturated rings. The second kappa shape index (κ2) is 4.70. The summed E-state index contributed by atoms with van der Waals surface area (Å²) in [6.45, 7) is 5.92. The molecule has 1 heteroatoms. The van der Waals surface area contributed by atoms with Crippen LogP contribution >= 0.6 is 0 Å². The quantitative estimate of drug-likeness (QED) is 0.718. The van der Waals surface area contributed by atoms with Gasteiger partial charge in [-0.25, -0.2) is 0 Å². The summed E-state index contributed by atoms with van der Waals surface area (Å²) in [5.41, 5.74) is 3.41. The van der Waals surface area contributed by atoms with Crippen molar-refractivity contribution in [1.29, 1.82) is 0 Å². The topological polar surface area (TPSA) is 17.1 Å². The first kappa shape index (κ1) is 11.8. The normalized spacial score (nSPS) is 10.8. The lowest BCUT2D eigenvalue weighted by Gasteiger charge is -2.11. The standard InChI is InChI=1S/C16H18O/c1-4-12-7-6-8-16-13(5-2)14(11(3)17)9-10-15(12)16/h6-10H,4-5H2,1-3H3. The van der Waals surface area contributed by atoms with Gasteiger partial charge in [-0.3, -0.25) is 4.79 Å². The highest BCUT2D eigenvalue weighted by molar-refractivity contribution is 6.02. The average molecular weight is 226 g/mol. The van der Waals surface area contributed by atoms with Gasteiger partial charge in [0.2, 0.25) is 0 Å². The number of hydrogen-bond acceptors (Lipinski definition) is 1. The minimum atomic E-state index is 0.158. The van der Waals surface area contributed by atoms with Gasteiger partial charge in [-0.15, -0.1) is 0 Å². The highest BCUT2D eigenvalue weighted by Crippen LogP contribution is 2.26. The van der Waals surface area contributed by atoms with Gasteiger partial charge in [-0.05, 0) is 41.7 Å². The van der Waals surface area contributed by atoms with Crippen molar-refractivity contribution < 1.29 is 4.79 Å². The van der Waals surface area contributed by atoms with E-state index in [-0.39, 0.29) is 5.78 Å². The van der Waals surface area contributed by atoms with E-state index in [9.17, 15) is 4.79 Å². The first-order valence-corrected chi connectivity index (χ1v) is 6.23. The Labute approximate surface area is 102 Å². The zero-order valence-electron chi connectivity index (χ0n) is 10.7. The van der Waals surface area contributed by atoms with Gasteiger partial charge in [0.05, 0.1) is 0 Å². The molecule has 1 nitrogen and oxygen atoms in total. The molecule has 0 aliphatic rings. The van der Waals surface area contributed by atoms with Crippen LogP contribution in [-0.4, -0.2) is 5.78 Å². The molecule has 2 aromatic carbocycles. The summed E-state index contributed by atoms with van der Waals surface area (Å²) in [5, 5.41) is 2.52. The predicted octanol–water partition coefficient (Wildman–Crippen LogP) is 4.17. The summed E-state index contributed by atoms with van der Waals surface area (Å²) in [5.74, 6) is 0.158. The Morgan fingerprint density at radius 1 is 1.00 bits per heavy atom. The van der Waals surface area contributed by atoms with E-state index in [2.05, 4.69) is 38.1 Å². The molecule has 0 heterocycles. The molecule has 0 saturated heterocycles. The van der Waals surface area contributed by atoms with Crippen LogP contribution in [0.15, 0.2) is 30.3 Å². The van der Waals surface area contributed by atoms with Gasteiger partial charge < -0.3 is 0 Å². The maximum Gasteiger partial charge on any atom is 0.160 e. The van der Waals surface area contributed by atoms with Crippen LogP contribution in [0.3, 0.4) is 0 Å². The largest absolute Gasteiger partial charge is 0.295 e. The molecule has 0 spiro atoms. The van der Waals surface area contributed by atoms with Crippen molar-refractivity contribution in [3.63, 3.8) is 0 Å². The molecule has 0 aliphatic carbocycles. The van der Waals surface area contributed by atoms with Crippen LogP contribution in [-0.2, 0) is 12.8 Å². The Bertz CT molecular complexity index is 567. The van der Waals surface area contributed by atoms with Gasteiger partial charge in [0, 0.05) is 5.56 Å². The molecule has 0 aliphatic heterocycles. The average Bonchev–Trinajstić information content (AvgIpc) is 2.36. The van der Waals surface area contributed by atoms with Crippen LogP contribution in [0.2, 0.25) is 0 Å². The fourth-order valence-corrected chi connectivity index (χ4v) is 2.50. The Morgan fingerprint density at radius 3 is 2.35 bits per heavy atom. The summed E-state index contributed by atoms with van der Waals surface area (Å²) < 4.78 is 0. The summed E-state index contributed by atoms with van der Waals surface area (Å²) in [6, 6.07) is 10.4. The van der Waals surface area contributed by atoms with Crippen LogP contribution in [0, 0.1) is 0 Å². The molecule has 0 radical (unpaired) electrons. The van der Waals surface area contributed by atoms with E-state index in [0.29, 0.717) is 0 Å². The highest BCUT2D eigenvalue weighted by atomic mass is 16.1. The second-order valence-electron chi connectivity index (χ2n) is 4.37. The maximum absolute atomic E-state index is 11.6. The number of Topliss-reactive ketones (excluding diaryl/α,β-unsaturated/α-hetero) is 1. The molecule has 2 rings (SSSR count). The summed E-state index contributed by atoms with van der Waals surface area (Å²) in [6.07, 6.45) is 1.93. The molecular formula is C16H18O. The van der Waals surface area contributed by atoms with E-state index in [4.69, 9.17) is 0 Å². The van der Waals surface area contributed by atoms with Crippen molar-refractivity contribution >= 4 is 16.6 Å². The second-order valence-corrected chi connectivity index (χ2v) is 4.37. The molecular weight excluding hydrogens is 208 g/mol. The smallest absolute Gasteiger partial charge is 0.160 e. The molecule has 0 bridgehead atoms. The molecule has 0 aromatic heterocycles. The van der Waals surface area contributed by atoms with Crippen LogP contribution in [0.1, 0.15) is 42.3 Å². The minimum absolute atomic E-state index is 0.158. The zero-order chi connectivity index (χ0) is 12.4. The number of hydrogen-bond donors (Lipinski definition) is 0. The summed E-state index contributed by atoms with van der Waals surface area (Å²) in [4.78, 5) is 11.6. The van der Waals surface area contributed by atoms with Gasteiger partial charge in [0.1, 0.15) is 0 Å². The van der Waals surface area contributed by atoms with Crippen molar-refractivity contribution in [3.8, 4) is 0 Å². The van der Waals surface area contributed by atoms with Crippen molar-refractivity contribution in [2.45, 2.75) is 33.6 Å². The monoisotopic (exact) mass is 226 g/mol. The molecule has 88 valence electrons. The van der Waals surface area contributed by atoms with E-state index in [1.165, 1.54) is 21.9 Å². The minimum Gasteiger partial charge on any atom is -0.295 e. The molecule has 2 aromatic rings. The van der Waals surface area contributed by atoms with Crippen LogP contribution in [0.4, 0.5) is 0 Å². The van der Waals surface area contributed by atoms with Crippen molar-refractivity contribution in [2.75, 3.05) is 0 Å². The Morgan fingerprint density at radius 2 is 1.76 bits per heavy atom. The number of aryl methyl sites for hydroxylation is 2. The third-order valence-electron chi connectivity index (χ3n) is 3.38. The molecule has 0 N–H and O–H groups in total. The molecule has 17 heavy (non-hydrogen) atoms. The number of fused-ring (bicyclic) bond motifs is 1. The highest BCUT2D eigenvalue weighted by Gasteiger charge is 2.10. The van der Waals surface area contributed by atoms with Crippen molar-refractivity contribution in [3.05, 3.63) is 47.0 Å². The van der Waals surface area contributed by atoms with E-state index < -0.39 is 0 Å².